The lowest BCUT2D eigenvalue weighted by molar-refractivity contribution is -0.384. The van der Waals surface area contributed by atoms with Gasteiger partial charge in [-0.3, -0.25) is 24.3 Å². The van der Waals surface area contributed by atoms with E-state index >= 15 is 0 Å². The first-order valence-electron chi connectivity index (χ1n) is 8.72. The molecular weight excluding hydrogens is 460 g/mol. The van der Waals surface area contributed by atoms with Gasteiger partial charge in [0.1, 0.15) is 0 Å². The third-order valence-corrected chi connectivity index (χ3v) is 5.78. The number of anilines is 1. The van der Waals surface area contributed by atoms with Crippen LogP contribution in [-0.4, -0.2) is 25.6 Å². The van der Waals surface area contributed by atoms with Crippen LogP contribution in [0.2, 0.25) is 0 Å². The van der Waals surface area contributed by atoms with Crippen molar-refractivity contribution < 1.29 is 9.72 Å². The number of hydrogen-bond acceptors (Lipinski definition) is 6. The number of nitrogens with zero attached hydrogens (tertiary/aromatic N) is 3. The fourth-order valence-electron chi connectivity index (χ4n) is 2.66. The molecule has 0 spiro atoms. The molecule has 1 aromatic heterocycles. The topological polar surface area (TPSA) is 107 Å². The number of halogens is 1. The van der Waals surface area contributed by atoms with E-state index in [-0.39, 0.29) is 17.2 Å². The summed E-state index contributed by atoms with van der Waals surface area (Å²) in [5, 5.41) is 13.9. The van der Waals surface area contributed by atoms with E-state index in [1.54, 1.807) is 19.1 Å². The van der Waals surface area contributed by atoms with Crippen molar-refractivity contribution >= 4 is 55.9 Å². The van der Waals surface area contributed by atoms with E-state index < -0.39 is 10.2 Å². The average Bonchev–Trinajstić information content (AvgIpc) is 2.69. The first kappa shape index (κ1) is 21.0. The zero-order chi connectivity index (χ0) is 21.1. The molecule has 1 N–H and O–H groups in total. The maximum absolute atomic E-state index is 12.8. The normalized spacial score (nSPS) is 12.0. The highest BCUT2D eigenvalue weighted by atomic mass is 79.9. The molecule has 1 atom stereocenters. The van der Waals surface area contributed by atoms with Gasteiger partial charge < -0.3 is 5.32 Å². The van der Waals surface area contributed by atoms with Crippen molar-refractivity contribution in [1.29, 1.82) is 0 Å². The molecule has 0 aliphatic carbocycles. The predicted molar refractivity (Wildman–Crippen MR) is 116 cm³/mol. The second kappa shape index (κ2) is 8.75. The molecule has 0 saturated heterocycles. The van der Waals surface area contributed by atoms with E-state index in [9.17, 15) is 19.7 Å². The van der Waals surface area contributed by atoms with Gasteiger partial charge in [0.15, 0.2) is 5.16 Å². The number of thioether (sulfide) groups is 1. The molecule has 10 heteroatoms. The van der Waals surface area contributed by atoms with Crippen LogP contribution in [0, 0.1) is 10.1 Å². The summed E-state index contributed by atoms with van der Waals surface area (Å²) in [6.45, 7) is 3.98. The van der Waals surface area contributed by atoms with Crippen molar-refractivity contribution in [1.82, 2.24) is 9.55 Å². The monoisotopic (exact) mass is 476 g/mol. The number of hydrogen-bond donors (Lipinski definition) is 1. The number of nitro benzene ring substituents is 1. The Bertz CT molecular complexity index is 1150. The third kappa shape index (κ3) is 4.65. The van der Waals surface area contributed by atoms with Gasteiger partial charge in [0.2, 0.25) is 5.91 Å². The van der Waals surface area contributed by atoms with Crippen LogP contribution in [0.4, 0.5) is 11.4 Å². The Balaban J connectivity index is 1.82. The number of amides is 1. The second-order valence-electron chi connectivity index (χ2n) is 6.16. The summed E-state index contributed by atoms with van der Waals surface area (Å²) >= 11 is 4.55. The minimum Gasteiger partial charge on any atom is -0.325 e. The van der Waals surface area contributed by atoms with Gasteiger partial charge >= 0.3 is 0 Å². The molecule has 150 valence electrons. The Hall–Kier alpha value is -2.72. The van der Waals surface area contributed by atoms with Gasteiger partial charge in [-0.05, 0) is 44.2 Å². The molecular formula is C19H17BrN4O4S. The van der Waals surface area contributed by atoms with Crippen LogP contribution in [0.25, 0.3) is 10.9 Å². The molecule has 29 heavy (non-hydrogen) atoms. The molecule has 0 aliphatic rings. The van der Waals surface area contributed by atoms with E-state index in [4.69, 9.17) is 0 Å². The highest BCUT2D eigenvalue weighted by Crippen LogP contribution is 2.25. The molecule has 0 fully saturated rings. The van der Waals surface area contributed by atoms with Crippen LogP contribution in [0.15, 0.2) is 56.9 Å². The smallest absolute Gasteiger partial charge is 0.269 e. The molecule has 1 unspecified atom stereocenters. The number of aromatic nitrogens is 2. The minimum absolute atomic E-state index is 0.0515. The summed E-state index contributed by atoms with van der Waals surface area (Å²) in [6, 6.07) is 10.9. The van der Waals surface area contributed by atoms with E-state index in [1.165, 1.54) is 40.6 Å². The second-order valence-corrected chi connectivity index (χ2v) is 8.38. The zero-order valence-corrected chi connectivity index (χ0v) is 18.0. The quantitative estimate of drug-likeness (QED) is 0.247. The summed E-state index contributed by atoms with van der Waals surface area (Å²) in [4.78, 5) is 40.1. The van der Waals surface area contributed by atoms with Crippen LogP contribution in [0.3, 0.4) is 0 Å². The number of carbonyl (C=O) groups excluding carboxylic acids is 1. The third-order valence-electron chi connectivity index (χ3n) is 4.19. The van der Waals surface area contributed by atoms with Gasteiger partial charge in [-0.2, -0.15) is 0 Å². The number of nitrogens with one attached hydrogen (secondary N) is 1. The predicted octanol–water partition coefficient (Wildman–Crippen LogP) is 4.21. The molecule has 0 aliphatic heterocycles. The van der Waals surface area contributed by atoms with E-state index in [0.29, 0.717) is 28.3 Å². The zero-order valence-electron chi connectivity index (χ0n) is 15.6. The van der Waals surface area contributed by atoms with Crippen LogP contribution < -0.4 is 10.9 Å². The largest absolute Gasteiger partial charge is 0.325 e. The van der Waals surface area contributed by atoms with Crippen LogP contribution in [-0.2, 0) is 11.3 Å². The van der Waals surface area contributed by atoms with E-state index in [0.717, 1.165) is 4.47 Å². The lowest BCUT2D eigenvalue weighted by atomic mass is 10.2. The Morgan fingerprint density at radius 2 is 2.00 bits per heavy atom. The lowest BCUT2D eigenvalue weighted by Gasteiger charge is -2.15. The molecule has 3 aromatic rings. The minimum atomic E-state index is -0.539. The van der Waals surface area contributed by atoms with Crippen LogP contribution in [0.1, 0.15) is 13.8 Å². The summed E-state index contributed by atoms with van der Waals surface area (Å²) in [5.74, 6) is -0.295. The number of fused-ring (bicyclic) bond motifs is 1. The summed E-state index contributed by atoms with van der Waals surface area (Å²) in [7, 11) is 0. The van der Waals surface area contributed by atoms with Crippen molar-refractivity contribution in [3.8, 4) is 0 Å². The van der Waals surface area contributed by atoms with Gasteiger partial charge in [0.25, 0.3) is 11.2 Å². The summed E-state index contributed by atoms with van der Waals surface area (Å²) in [6.07, 6.45) is 0. The Labute approximate surface area is 178 Å². The average molecular weight is 477 g/mol. The van der Waals surface area contributed by atoms with E-state index in [1.807, 2.05) is 13.0 Å². The van der Waals surface area contributed by atoms with Gasteiger partial charge in [-0.1, -0.05) is 27.7 Å². The first-order chi connectivity index (χ1) is 13.8. The molecule has 3 rings (SSSR count). The number of nitro groups is 1. The summed E-state index contributed by atoms with van der Waals surface area (Å²) < 4.78 is 2.33. The van der Waals surface area contributed by atoms with Crippen LogP contribution >= 0.6 is 27.7 Å². The molecule has 1 amide bonds. The highest BCUT2D eigenvalue weighted by Gasteiger charge is 2.19. The fraction of sp³-hybridized carbons (Fsp3) is 0.211. The van der Waals surface area contributed by atoms with Crippen molar-refractivity contribution in [2.75, 3.05) is 5.32 Å². The van der Waals surface area contributed by atoms with Crippen LogP contribution in [0.5, 0.6) is 0 Å². The van der Waals surface area contributed by atoms with Gasteiger partial charge in [-0.15, -0.1) is 0 Å². The number of rotatable bonds is 6. The fourth-order valence-corrected chi connectivity index (χ4v) is 4.00. The molecule has 8 nitrogen and oxygen atoms in total. The maximum atomic E-state index is 12.8. The molecule has 0 radical (unpaired) electrons. The molecule has 2 aromatic carbocycles. The highest BCUT2D eigenvalue weighted by molar-refractivity contribution is 9.10. The maximum Gasteiger partial charge on any atom is 0.269 e. The van der Waals surface area contributed by atoms with E-state index in [2.05, 4.69) is 26.2 Å². The van der Waals surface area contributed by atoms with Crippen molar-refractivity contribution in [2.45, 2.75) is 30.8 Å². The number of benzene rings is 2. The standard InChI is InChI=1S/C19H17BrN4O4S/c1-3-23-18(26)15-10-12(20)4-9-16(15)22-19(23)29-11(2)17(25)21-13-5-7-14(8-6-13)24(27)28/h4-11H,3H2,1-2H3,(H,21,25). The van der Waals surface area contributed by atoms with Crippen molar-refractivity contribution in [3.63, 3.8) is 0 Å². The van der Waals surface area contributed by atoms with Gasteiger partial charge in [0, 0.05) is 28.8 Å². The SMILES string of the molecule is CCn1c(SC(C)C(=O)Nc2ccc([N+](=O)[O-])cc2)nc2ccc(Br)cc2c1=O. The number of carbonyl (C=O) groups is 1. The first-order valence-corrected chi connectivity index (χ1v) is 10.4. The van der Waals surface area contributed by atoms with Crippen molar-refractivity contribution in [2.24, 2.45) is 0 Å². The van der Waals surface area contributed by atoms with Gasteiger partial charge in [0.05, 0.1) is 21.1 Å². The Morgan fingerprint density at radius 3 is 2.62 bits per heavy atom. The van der Waals surface area contributed by atoms with Crippen molar-refractivity contribution in [3.05, 3.63) is 67.4 Å². The molecule has 1 heterocycles. The molecule has 0 saturated carbocycles. The van der Waals surface area contributed by atoms with Gasteiger partial charge in [-0.25, -0.2) is 4.98 Å². The summed E-state index contributed by atoms with van der Waals surface area (Å²) in [5.41, 5.74) is 0.805. The lowest BCUT2D eigenvalue weighted by Crippen LogP contribution is -2.26. The Kier molecular flexibility index (Phi) is 6.33. The number of non-ortho nitro benzene ring substituents is 1. The Morgan fingerprint density at radius 1 is 1.31 bits per heavy atom. The molecule has 0 bridgehead atoms.